The predicted octanol–water partition coefficient (Wildman–Crippen LogP) is 1.12. The van der Waals surface area contributed by atoms with Crippen LogP contribution in [0, 0.1) is 12.3 Å². The molecule has 0 bridgehead atoms. The first-order valence-corrected chi connectivity index (χ1v) is 4.00. The molecular weight excluding hydrogens is 180 g/mol. The topological polar surface area (TPSA) is 57.5 Å². The predicted molar refractivity (Wildman–Crippen MR) is 53.7 cm³/mol. The van der Waals surface area contributed by atoms with Crippen LogP contribution in [0.3, 0.4) is 0 Å². The number of terminal acetylenes is 1. The molecule has 2 N–H and O–H groups in total. The summed E-state index contributed by atoms with van der Waals surface area (Å²) >= 11 is 0. The summed E-state index contributed by atoms with van der Waals surface area (Å²) in [5.74, 6) is 1.34. The van der Waals surface area contributed by atoms with E-state index in [4.69, 9.17) is 16.6 Å². The first kappa shape index (κ1) is 12.2. The van der Waals surface area contributed by atoms with Crippen molar-refractivity contribution in [1.29, 1.82) is 0 Å². The van der Waals surface area contributed by atoms with Gasteiger partial charge in [0.25, 0.3) is 0 Å². The van der Waals surface area contributed by atoms with E-state index in [-0.39, 0.29) is 0 Å². The molecule has 0 fully saturated rings. The molecule has 3 nitrogen and oxygen atoms in total. The fourth-order valence-electron chi connectivity index (χ4n) is 0.534. The zero-order valence-corrected chi connectivity index (χ0v) is 7.84. The van der Waals surface area contributed by atoms with Gasteiger partial charge in [0.15, 0.2) is 0 Å². The molecule has 0 aliphatic heterocycles. The van der Waals surface area contributed by atoms with Crippen LogP contribution in [-0.2, 0) is 4.79 Å². The quantitative estimate of drug-likeness (QED) is 0.655. The zero-order chi connectivity index (χ0) is 11.0. The summed E-state index contributed by atoms with van der Waals surface area (Å²) < 4.78 is 0. The molecule has 3 heteroatoms. The van der Waals surface area contributed by atoms with Crippen molar-refractivity contribution in [2.75, 3.05) is 0 Å². The molecule has 1 aromatic carbocycles. The minimum atomic E-state index is -1.23. The maximum atomic E-state index is 9.45. The number of carboxylic acids is 1. The minimum absolute atomic E-state index is 0.938. The van der Waals surface area contributed by atoms with Gasteiger partial charge in [-0.05, 0) is 19.1 Å². The average molecular weight is 192 g/mol. The van der Waals surface area contributed by atoms with Gasteiger partial charge in [-0.2, -0.15) is 0 Å². The number of benzene rings is 1. The van der Waals surface area contributed by atoms with Crippen molar-refractivity contribution < 1.29 is 15.0 Å². The molecule has 14 heavy (non-hydrogen) atoms. The number of aliphatic carboxylic acids is 1. The molecule has 1 aromatic rings. The first-order chi connectivity index (χ1) is 6.57. The van der Waals surface area contributed by atoms with Crippen LogP contribution in [0.1, 0.15) is 12.5 Å². The zero-order valence-electron chi connectivity index (χ0n) is 7.84. The van der Waals surface area contributed by atoms with E-state index < -0.39 is 12.1 Å². The van der Waals surface area contributed by atoms with Crippen molar-refractivity contribution in [2.45, 2.75) is 13.0 Å². The molecule has 0 amide bonds. The lowest BCUT2D eigenvalue weighted by Gasteiger charge is -1.89. The van der Waals surface area contributed by atoms with E-state index >= 15 is 0 Å². The van der Waals surface area contributed by atoms with Crippen molar-refractivity contribution >= 4 is 5.97 Å². The molecule has 1 atom stereocenters. The summed E-state index contributed by atoms with van der Waals surface area (Å²) in [7, 11) is 0. The fraction of sp³-hybridized carbons (Fsp3) is 0.182. The molecule has 1 unspecified atom stereocenters. The summed E-state index contributed by atoms with van der Waals surface area (Å²) in [6, 6.07) is 9.60. The highest BCUT2D eigenvalue weighted by Crippen LogP contribution is 1.93. The van der Waals surface area contributed by atoms with Crippen molar-refractivity contribution in [3.63, 3.8) is 0 Å². The summed E-state index contributed by atoms with van der Waals surface area (Å²) in [4.78, 5) is 9.45. The number of aliphatic hydroxyl groups is 1. The van der Waals surface area contributed by atoms with Gasteiger partial charge in [0, 0.05) is 5.56 Å². The molecule has 0 aliphatic rings. The van der Waals surface area contributed by atoms with Crippen molar-refractivity contribution in [3.8, 4) is 12.3 Å². The molecule has 1 rings (SSSR count). The smallest absolute Gasteiger partial charge is 0.332 e. The third-order valence-corrected chi connectivity index (χ3v) is 1.30. The monoisotopic (exact) mass is 192 g/mol. The summed E-state index contributed by atoms with van der Waals surface area (Å²) in [6.07, 6.45) is 3.87. The lowest BCUT2D eigenvalue weighted by Crippen LogP contribution is -2.13. The van der Waals surface area contributed by atoms with Gasteiger partial charge in [0.1, 0.15) is 6.10 Å². The van der Waals surface area contributed by atoms with Gasteiger partial charge in [0.05, 0.1) is 0 Å². The maximum Gasteiger partial charge on any atom is 0.332 e. The number of carbonyl (C=O) groups is 1. The van der Waals surface area contributed by atoms with Crippen LogP contribution in [0.4, 0.5) is 0 Å². The Bertz CT molecular complexity index is 309. The highest BCUT2D eigenvalue weighted by Gasteiger charge is 2.01. The summed E-state index contributed by atoms with van der Waals surface area (Å²) in [6.45, 7) is 1.20. The number of carboxylic acid groups (broad SMARTS) is 1. The first-order valence-electron chi connectivity index (χ1n) is 4.00. The lowest BCUT2D eigenvalue weighted by atomic mass is 10.2. The SMILES string of the molecule is C#Cc1ccccc1.CC(O)C(=O)O. The Kier molecular flexibility index (Phi) is 5.84. The Morgan fingerprint density at radius 1 is 1.43 bits per heavy atom. The number of rotatable bonds is 1. The van der Waals surface area contributed by atoms with E-state index in [1.165, 1.54) is 6.92 Å². The van der Waals surface area contributed by atoms with Crippen LogP contribution in [0.2, 0.25) is 0 Å². The van der Waals surface area contributed by atoms with E-state index in [2.05, 4.69) is 5.92 Å². The molecular formula is C11H12O3. The molecule has 0 heterocycles. The van der Waals surface area contributed by atoms with Crippen LogP contribution in [0.25, 0.3) is 0 Å². The maximum absolute atomic E-state index is 9.45. The van der Waals surface area contributed by atoms with Crippen molar-refractivity contribution in [1.82, 2.24) is 0 Å². The molecule has 0 spiro atoms. The molecule has 0 aliphatic carbocycles. The van der Waals surface area contributed by atoms with Crippen LogP contribution in [-0.4, -0.2) is 22.3 Å². The average Bonchev–Trinajstić information content (AvgIpc) is 2.20. The molecule has 74 valence electrons. The second kappa shape index (κ2) is 6.70. The van der Waals surface area contributed by atoms with Crippen LogP contribution in [0.5, 0.6) is 0 Å². The molecule has 0 radical (unpaired) electrons. The number of hydrogen-bond donors (Lipinski definition) is 2. The van der Waals surface area contributed by atoms with Crippen molar-refractivity contribution in [3.05, 3.63) is 35.9 Å². The third-order valence-electron chi connectivity index (χ3n) is 1.30. The van der Waals surface area contributed by atoms with Crippen molar-refractivity contribution in [2.24, 2.45) is 0 Å². The fourth-order valence-corrected chi connectivity index (χ4v) is 0.534. The normalized spacial score (nSPS) is 10.4. The van der Waals surface area contributed by atoms with Gasteiger partial charge in [-0.3, -0.25) is 0 Å². The standard InChI is InChI=1S/C8H6.C3H6O3/c1-2-8-6-4-3-5-7-8;1-2(4)3(5)6/h1,3-7H;2,4H,1H3,(H,5,6). The molecule has 0 saturated carbocycles. The molecule has 0 aromatic heterocycles. The van der Waals surface area contributed by atoms with E-state index in [1.807, 2.05) is 30.3 Å². The van der Waals surface area contributed by atoms with Crippen LogP contribution >= 0.6 is 0 Å². The minimum Gasteiger partial charge on any atom is -0.479 e. The number of hydrogen-bond acceptors (Lipinski definition) is 2. The van der Waals surface area contributed by atoms with Gasteiger partial charge in [-0.1, -0.05) is 24.1 Å². The second-order valence-electron chi connectivity index (χ2n) is 2.52. The van der Waals surface area contributed by atoms with Crippen LogP contribution < -0.4 is 0 Å². The van der Waals surface area contributed by atoms with E-state index in [1.54, 1.807) is 0 Å². The van der Waals surface area contributed by atoms with Gasteiger partial charge in [-0.25, -0.2) is 4.79 Å². The third kappa shape index (κ3) is 5.81. The van der Waals surface area contributed by atoms with E-state index in [0.717, 1.165) is 5.56 Å². The Hall–Kier alpha value is -1.79. The molecule has 0 saturated heterocycles. The van der Waals surface area contributed by atoms with E-state index in [0.29, 0.717) is 0 Å². The Balaban J connectivity index is 0.000000255. The Labute approximate surface area is 83.0 Å². The second-order valence-corrected chi connectivity index (χ2v) is 2.52. The number of aliphatic hydroxyl groups excluding tert-OH is 1. The van der Waals surface area contributed by atoms with Crippen LogP contribution in [0.15, 0.2) is 30.3 Å². The summed E-state index contributed by atoms with van der Waals surface area (Å²) in [5, 5.41) is 15.8. The highest BCUT2D eigenvalue weighted by molar-refractivity contribution is 5.71. The largest absolute Gasteiger partial charge is 0.479 e. The lowest BCUT2D eigenvalue weighted by molar-refractivity contribution is -0.145. The van der Waals surface area contributed by atoms with Gasteiger partial charge in [-0.15, -0.1) is 6.42 Å². The van der Waals surface area contributed by atoms with Gasteiger partial charge >= 0.3 is 5.97 Å². The summed E-state index contributed by atoms with van der Waals surface area (Å²) in [5.41, 5.74) is 0.938. The Morgan fingerprint density at radius 2 is 1.86 bits per heavy atom. The Morgan fingerprint density at radius 3 is 2.07 bits per heavy atom. The van der Waals surface area contributed by atoms with Gasteiger partial charge in [0.2, 0.25) is 0 Å². The van der Waals surface area contributed by atoms with E-state index in [9.17, 15) is 4.79 Å². The van der Waals surface area contributed by atoms with Gasteiger partial charge < -0.3 is 10.2 Å². The highest BCUT2D eigenvalue weighted by atomic mass is 16.4.